The first-order chi connectivity index (χ1) is 14.1. The number of hydrogen-bond acceptors (Lipinski definition) is 6. The number of rotatable bonds is 9. The lowest BCUT2D eigenvalue weighted by Crippen LogP contribution is -2.33. The van der Waals surface area contributed by atoms with Crippen LogP contribution < -0.4 is 20.2 Å². The van der Waals surface area contributed by atoms with Gasteiger partial charge in [-0.25, -0.2) is 10.2 Å². The number of amides is 2. The Hall–Kier alpha value is -3.55. The molecule has 29 heavy (non-hydrogen) atoms. The van der Waals surface area contributed by atoms with E-state index in [1.807, 2.05) is 30.3 Å². The van der Waals surface area contributed by atoms with E-state index >= 15 is 0 Å². The largest absolute Gasteiger partial charge is 0.493 e. The normalized spacial score (nSPS) is 11.6. The molecular formula is C21H25N3O5. The van der Waals surface area contributed by atoms with Crippen molar-refractivity contribution in [2.75, 3.05) is 20.8 Å². The zero-order valence-electron chi connectivity index (χ0n) is 16.7. The fourth-order valence-electron chi connectivity index (χ4n) is 2.60. The number of nitrogens with one attached hydrogen (secondary N) is 2. The van der Waals surface area contributed by atoms with Gasteiger partial charge in [-0.15, -0.1) is 0 Å². The van der Waals surface area contributed by atoms with Crippen molar-refractivity contribution < 1.29 is 23.8 Å². The second-order valence-electron chi connectivity index (χ2n) is 5.94. The molecule has 2 rings (SSSR count). The number of ether oxygens (including phenoxy) is 3. The van der Waals surface area contributed by atoms with Gasteiger partial charge in [0.15, 0.2) is 11.5 Å². The highest BCUT2D eigenvalue weighted by Gasteiger charge is 2.18. The third kappa shape index (κ3) is 6.84. The van der Waals surface area contributed by atoms with Gasteiger partial charge < -0.3 is 19.5 Å². The molecule has 154 valence electrons. The summed E-state index contributed by atoms with van der Waals surface area (Å²) < 4.78 is 15.3. The van der Waals surface area contributed by atoms with Gasteiger partial charge in [-0.3, -0.25) is 4.79 Å². The zero-order valence-corrected chi connectivity index (χ0v) is 16.7. The van der Waals surface area contributed by atoms with E-state index in [2.05, 4.69) is 15.8 Å². The van der Waals surface area contributed by atoms with Gasteiger partial charge in [0.05, 0.1) is 39.5 Å². The van der Waals surface area contributed by atoms with E-state index in [0.29, 0.717) is 11.5 Å². The number of methoxy groups -OCH3 is 2. The van der Waals surface area contributed by atoms with Gasteiger partial charge in [-0.05, 0) is 36.2 Å². The molecule has 2 amide bonds. The van der Waals surface area contributed by atoms with E-state index in [-0.39, 0.29) is 18.9 Å². The second-order valence-corrected chi connectivity index (χ2v) is 5.94. The summed E-state index contributed by atoms with van der Waals surface area (Å²) in [6, 6.07) is 13.9. The SMILES string of the molecule is CCOC(=O)N[C@@H](CC(=O)N/N=C\c1ccc(OC)c(OC)c1)c1ccccc1. The lowest BCUT2D eigenvalue weighted by molar-refractivity contribution is -0.121. The minimum absolute atomic E-state index is 0.00605. The fourth-order valence-corrected chi connectivity index (χ4v) is 2.60. The van der Waals surface area contributed by atoms with Crippen LogP contribution in [0.2, 0.25) is 0 Å². The molecule has 0 aliphatic heterocycles. The molecule has 8 heteroatoms. The van der Waals surface area contributed by atoms with Crippen LogP contribution in [0.15, 0.2) is 53.6 Å². The highest BCUT2D eigenvalue weighted by molar-refractivity contribution is 5.83. The Morgan fingerprint density at radius 2 is 1.79 bits per heavy atom. The molecule has 0 unspecified atom stereocenters. The third-order valence-corrected chi connectivity index (χ3v) is 3.97. The molecule has 2 N–H and O–H groups in total. The number of benzene rings is 2. The summed E-state index contributed by atoms with van der Waals surface area (Å²) in [5, 5.41) is 6.67. The quantitative estimate of drug-likeness (QED) is 0.499. The smallest absolute Gasteiger partial charge is 0.407 e. The first-order valence-corrected chi connectivity index (χ1v) is 9.09. The van der Waals surface area contributed by atoms with E-state index in [1.54, 1.807) is 39.3 Å². The summed E-state index contributed by atoms with van der Waals surface area (Å²) in [5.74, 6) is 0.808. The standard InChI is InChI=1S/C21H25N3O5/c1-4-29-21(26)23-17(16-8-6-5-7-9-16)13-20(25)24-22-14-15-10-11-18(27-2)19(12-15)28-3/h5-12,14,17H,4,13H2,1-3H3,(H,23,26)(H,24,25)/b22-14-/t17-/m0/s1. The molecule has 2 aromatic carbocycles. The molecule has 0 aromatic heterocycles. The maximum Gasteiger partial charge on any atom is 0.407 e. The summed E-state index contributed by atoms with van der Waals surface area (Å²) in [6.07, 6.45) is 0.922. The summed E-state index contributed by atoms with van der Waals surface area (Å²) in [4.78, 5) is 24.1. The molecule has 0 bridgehead atoms. The van der Waals surface area contributed by atoms with Crippen LogP contribution >= 0.6 is 0 Å². The van der Waals surface area contributed by atoms with Crippen molar-refractivity contribution in [3.8, 4) is 11.5 Å². The first kappa shape index (κ1) is 21.7. The number of nitrogens with zero attached hydrogens (tertiary/aromatic N) is 1. The predicted octanol–water partition coefficient (Wildman–Crippen LogP) is 3.03. The molecule has 0 saturated carbocycles. The Balaban J connectivity index is 2.00. The molecule has 8 nitrogen and oxygen atoms in total. The summed E-state index contributed by atoms with van der Waals surface area (Å²) >= 11 is 0. The van der Waals surface area contributed by atoms with Gasteiger partial charge in [0.1, 0.15) is 0 Å². The van der Waals surface area contributed by atoms with Crippen molar-refractivity contribution in [1.82, 2.24) is 10.7 Å². The van der Waals surface area contributed by atoms with Gasteiger partial charge in [0.2, 0.25) is 5.91 Å². The van der Waals surface area contributed by atoms with Gasteiger partial charge in [0.25, 0.3) is 0 Å². The van der Waals surface area contributed by atoms with E-state index in [9.17, 15) is 9.59 Å². The zero-order chi connectivity index (χ0) is 21.1. The molecule has 0 heterocycles. The van der Waals surface area contributed by atoms with Crippen molar-refractivity contribution in [2.24, 2.45) is 5.10 Å². The van der Waals surface area contributed by atoms with Crippen LogP contribution in [0.3, 0.4) is 0 Å². The maximum atomic E-state index is 12.3. The van der Waals surface area contributed by atoms with E-state index in [4.69, 9.17) is 14.2 Å². The number of carbonyl (C=O) groups is 2. The van der Waals surface area contributed by atoms with Crippen LogP contribution in [0, 0.1) is 0 Å². The van der Waals surface area contributed by atoms with Crippen molar-refractivity contribution >= 4 is 18.2 Å². The van der Waals surface area contributed by atoms with Crippen molar-refractivity contribution in [3.63, 3.8) is 0 Å². The highest BCUT2D eigenvalue weighted by atomic mass is 16.5. The van der Waals surface area contributed by atoms with Gasteiger partial charge in [-0.2, -0.15) is 5.10 Å². The Kier molecular flexibility index (Phi) is 8.50. The third-order valence-electron chi connectivity index (χ3n) is 3.97. The number of hydrogen-bond donors (Lipinski definition) is 2. The molecule has 2 aromatic rings. The summed E-state index contributed by atoms with van der Waals surface area (Å²) in [7, 11) is 3.10. The molecule has 0 radical (unpaired) electrons. The number of carbonyl (C=O) groups excluding carboxylic acids is 2. The average molecular weight is 399 g/mol. The van der Waals surface area contributed by atoms with E-state index in [1.165, 1.54) is 6.21 Å². The summed E-state index contributed by atoms with van der Waals surface area (Å²) in [6.45, 7) is 1.96. The Labute approximate surface area is 169 Å². The van der Waals surface area contributed by atoms with E-state index in [0.717, 1.165) is 11.1 Å². The highest BCUT2D eigenvalue weighted by Crippen LogP contribution is 2.26. The number of hydrazone groups is 1. The molecule has 1 atom stereocenters. The Morgan fingerprint density at radius 1 is 1.07 bits per heavy atom. The predicted molar refractivity (Wildman–Crippen MR) is 109 cm³/mol. The summed E-state index contributed by atoms with van der Waals surface area (Å²) in [5.41, 5.74) is 3.99. The van der Waals surface area contributed by atoms with Gasteiger partial charge in [0, 0.05) is 0 Å². The molecule has 0 aliphatic carbocycles. The van der Waals surface area contributed by atoms with Crippen molar-refractivity contribution in [2.45, 2.75) is 19.4 Å². The monoisotopic (exact) mass is 399 g/mol. The van der Waals surface area contributed by atoms with Gasteiger partial charge >= 0.3 is 6.09 Å². The van der Waals surface area contributed by atoms with Crippen LogP contribution in [-0.4, -0.2) is 39.0 Å². The topological polar surface area (TPSA) is 98.2 Å². The molecule has 0 fully saturated rings. The van der Waals surface area contributed by atoms with Crippen LogP contribution in [-0.2, 0) is 9.53 Å². The first-order valence-electron chi connectivity index (χ1n) is 9.09. The van der Waals surface area contributed by atoms with Crippen molar-refractivity contribution in [3.05, 3.63) is 59.7 Å². The van der Waals surface area contributed by atoms with E-state index < -0.39 is 12.1 Å². The van der Waals surface area contributed by atoms with Gasteiger partial charge in [-0.1, -0.05) is 30.3 Å². The van der Waals surface area contributed by atoms with Crippen molar-refractivity contribution in [1.29, 1.82) is 0 Å². The maximum absolute atomic E-state index is 12.3. The molecular weight excluding hydrogens is 374 g/mol. The van der Waals surface area contributed by atoms with Crippen LogP contribution in [0.25, 0.3) is 0 Å². The minimum atomic E-state index is -0.581. The fraction of sp³-hybridized carbons (Fsp3) is 0.286. The van der Waals surface area contributed by atoms with Crippen LogP contribution in [0.5, 0.6) is 11.5 Å². The Morgan fingerprint density at radius 3 is 2.45 bits per heavy atom. The lowest BCUT2D eigenvalue weighted by Gasteiger charge is -2.18. The lowest BCUT2D eigenvalue weighted by atomic mass is 10.0. The number of alkyl carbamates (subject to hydrolysis) is 1. The Bertz CT molecular complexity index is 839. The molecule has 0 aliphatic rings. The average Bonchev–Trinajstić information content (AvgIpc) is 2.74. The molecule has 0 saturated heterocycles. The van der Waals surface area contributed by atoms with Crippen LogP contribution in [0.4, 0.5) is 4.79 Å². The minimum Gasteiger partial charge on any atom is -0.493 e. The second kappa shape index (κ2) is 11.3. The van der Waals surface area contributed by atoms with Crippen LogP contribution in [0.1, 0.15) is 30.5 Å². The molecule has 0 spiro atoms.